The molecule has 76 valence electrons. The van der Waals surface area contributed by atoms with Crippen molar-refractivity contribution in [1.29, 1.82) is 0 Å². The third-order valence-corrected chi connectivity index (χ3v) is 1.86. The van der Waals surface area contributed by atoms with Crippen LogP contribution >= 0.6 is 0 Å². The molecule has 0 unspecified atom stereocenters. The Morgan fingerprint density at radius 1 is 1.33 bits per heavy atom. The Labute approximate surface area is 88.9 Å². The van der Waals surface area contributed by atoms with E-state index in [1.54, 1.807) is 6.07 Å². The number of fused-ring (bicyclic) bond motifs is 1. The van der Waals surface area contributed by atoms with Crippen molar-refractivity contribution >= 4 is 16.8 Å². The first-order chi connectivity index (χ1) is 7.33. The van der Waals surface area contributed by atoms with Gasteiger partial charge >= 0.3 is 0 Å². The summed E-state index contributed by atoms with van der Waals surface area (Å²) in [5.74, 6) is 1.72. The number of furan rings is 1. The standard InChI is InChI=1S/C11H6O2.C2H6/c1-2-10(12)9-7-13-11-6-4-3-5-8(9)11;1-2/h1,3-7H;1-2H3. The van der Waals surface area contributed by atoms with Crippen molar-refractivity contribution < 1.29 is 9.21 Å². The van der Waals surface area contributed by atoms with Crippen LogP contribution in [0, 0.1) is 12.3 Å². The third kappa shape index (κ3) is 2.08. The fourth-order valence-electron chi connectivity index (χ4n) is 1.23. The smallest absolute Gasteiger partial charge is 0.239 e. The molecular weight excluding hydrogens is 188 g/mol. The van der Waals surface area contributed by atoms with E-state index in [9.17, 15) is 4.79 Å². The van der Waals surface area contributed by atoms with Crippen LogP contribution in [-0.4, -0.2) is 5.78 Å². The van der Waals surface area contributed by atoms with Crippen LogP contribution in [0.25, 0.3) is 11.0 Å². The summed E-state index contributed by atoms with van der Waals surface area (Å²) < 4.78 is 5.16. The Morgan fingerprint density at radius 2 is 2.00 bits per heavy atom. The number of ketones is 1. The van der Waals surface area contributed by atoms with E-state index in [0.717, 1.165) is 5.39 Å². The first-order valence-electron chi connectivity index (χ1n) is 4.80. The number of carbonyl (C=O) groups is 1. The van der Waals surface area contributed by atoms with Gasteiger partial charge in [0.05, 0.1) is 5.56 Å². The zero-order chi connectivity index (χ0) is 11.3. The van der Waals surface area contributed by atoms with Gasteiger partial charge in [-0.3, -0.25) is 4.79 Å². The average molecular weight is 200 g/mol. The van der Waals surface area contributed by atoms with E-state index >= 15 is 0 Å². The van der Waals surface area contributed by atoms with E-state index in [0.29, 0.717) is 11.1 Å². The van der Waals surface area contributed by atoms with Crippen LogP contribution in [0.4, 0.5) is 0 Å². The molecule has 0 amide bonds. The summed E-state index contributed by atoms with van der Waals surface area (Å²) in [6.45, 7) is 4.00. The molecule has 1 aromatic heterocycles. The molecule has 0 aliphatic carbocycles. The number of rotatable bonds is 1. The minimum absolute atomic E-state index is 0.343. The molecule has 2 heteroatoms. The van der Waals surface area contributed by atoms with Crippen LogP contribution in [0.5, 0.6) is 0 Å². The van der Waals surface area contributed by atoms with Crippen molar-refractivity contribution in [3.63, 3.8) is 0 Å². The summed E-state index contributed by atoms with van der Waals surface area (Å²) in [5.41, 5.74) is 1.14. The molecule has 2 nitrogen and oxygen atoms in total. The number of Topliss-reactive ketones (excluding diaryl/α,β-unsaturated/α-hetero) is 1. The maximum absolute atomic E-state index is 11.2. The second-order valence-electron chi connectivity index (χ2n) is 2.62. The van der Waals surface area contributed by atoms with Gasteiger partial charge in [-0.2, -0.15) is 0 Å². The SMILES string of the molecule is C#CC(=O)c1coc2ccccc12.CC. The molecule has 0 bridgehead atoms. The van der Waals surface area contributed by atoms with Gasteiger partial charge in [0.15, 0.2) is 0 Å². The fraction of sp³-hybridized carbons (Fsp3) is 0.154. The third-order valence-electron chi connectivity index (χ3n) is 1.86. The van der Waals surface area contributed by atoms with Gasteiger partial charge in [-0.15, -0.1) is 6.42 Å². The number of para-hydroxylation sites is 1. The van der Waals surface area contributed by atoms with Gasteiger partial charge in [-0.25, -0.2) is 0 Å². The Hall–Kier alpha value is -2.01. The summed E-state index contributed by atoms with van der Waals surface area (Å²) >= 11 is 0. The van der Waals surface area contributed by atoms with Crippen molar-refractivity contribution in [3.8, 4) is 12.3 Å². The van der Waals surface area contributed by atoms with Crippen LogP contribution in [0.2, 0.25) is 0 Å². The maximum Gasteiger partial charge on any atom is 0.239 e. The molecule has 0 atom stereocenters. The molecule has 2 aromatic rings. The monoisotopic (exact) mass is 200 g/mol. The second-order valence-corrected chi connectivity index (χ2v) is 2.62. The Kier molecular flexibility index (Phi) is 3.70. The maximum atomic E-state index is 11.2. The first kappa shape index (κ1) is 11.1. The van der Waals surface area contributed by atoms with Crippen LogP contribution in [-0.2, 0) is 0 Å². The predicted molar refractivity (Wildman–Crippen MR) is 60.7 cm³/mol. The van der Waals surface area contributed by atoms with Gasteiger partial charge in [0, 0.05) is 5.39 Å². The molecule has 0 aliphatic heterocycles. The highest BCUT2D eigenvalue weighted by atomic mass is 16.3. The van der Waals surface area contributed by atoms with Gasteiger partial charge < -0.3 is 4.42 Å². The average Bonchev–Trinajstić information content (AvgIpc) is 2.74. The molecule has 0 aliphatic rings. The highest BCUT2D eigenvalue weighted by Crippen LogP contribution is 2.20. The minimum atomic E-state index is -0.343. The van der Waals surface area contributed by atoms with Gasteiger partial charge in [-0.1, -0.05) is 32.0 Å². The minimum Gasteiger partial charge on any atom is -0.464 e. The normalized spacial score (nSPS) is 8.87. The van der Waals surface area contributed by atoms with Crippen LogP contribution < -0.4 is 0 Å². The van der Waals surface area contributed by atoms with Crippen molar-refractivity contribution in [3.05, 3.63) is 36.1 Å². The quantitative estimate of drug-likeness (QED) is 0.401. The van der Waals surface area contributed by atoms with E-state index in [1.165, 1.54) is 6.26 Å². The highest BCUT2D eigenvalue weighted by Gasteiger charge is 2.09. The van der Waals surface area contributed by atoms with Crippen LogP contribution in [0.1, 0.15) is 24.2 Å². The van der Waals surface area contributed by atoms with E-state index in [2.05, 4.69) is 5.92 Å². The number of hydrogen-bond donors (Lipinski definition) is 0. The number of carbonyl (C=O) groups excluding carboxylic acids is 1. The first-order valence-corrected chi connectivity index (χ1v) is 4.80. The lowest BCUT2D eigenvalue weighted by molar-refractivity contribution is 0.105. The summed E-state index contributed by atoms with van der Waals surface area (Å²) in [7, 11) is 0. The second kappa shape index (κ2) is 5.02. The molecule has 0 saturated carbocycles. The van der Waals surface area contributed by atoms with Crippen molar-refractivity contribution in [2.24, 2.45) is 0 Å². The zero-order valence-corrected chi connectivity index (χ0v) is 8.78. The molecule has 1 heterocycles. The van der Waals surface area contributed by atoms with E-state index < -0.39 is 0 Å². The molecule has 1 aromatic carbocycles. The van der Waals surface area contributed by atoms with Crippen molar-refractivity contribution in [2.45, 2.75) is 13.8 Å². The molecule has 0 spiro atoms. The molecular formula is C13H12O2. The summed E-state index contributed by atoms with van der Waals surface area (Å²) in [6.07, 6.45) is 6.41. The van der Waals surface area contributed by atoms with Crippen LogP contribution in [0.15, 0.2) is 34.9 Å². The lowest BCUT2D eigenvalue weighted by atomic mass is 10.1. The van der Waals surface area contributed by atoms with Crippen molar-refractivity contribution in [1.82, 2.24) is 0 Å². The number of benzene rings is 1. The number of hydrogen-bond acceptors (Lipinski definition) is 2. The molecule has 2 rings (SSSR count). The summed E-state index contributed by atoms with van der Waals surface area (Å²) in [4.78, 5) is 11.2. The number of terminal acetylenes is 1. The van der Waals surface area contributed by atoms with Gasteiger partial charge in [0.2, 0.25) is 5.78 Å². The Balaban J connectivity index is 0.000000531. The Bertz CT molecular complexity index is 500. The largest absolute Gasteiger partial charge is 0.464 e. The van der Waals surface area contributed by atoms with E-state index in [4.69, 9.17) is 10.8 Å². The topological polar surface area (TPSA) is 30.2 Å². The Morgan fingerprint density at radius 3 is 2.67 bits per heavy atom. The fourth-order valence-corrected chi connectivity index (χ4v) is 1.23. The van der Waals surface area contributed by atoms with Crippen LogP contribution in [0.3, 0.4) is 0 Å². The molecule has 0 radical (unpaired) electrons. The van der Waals surface area contributed by atoms with E-state index in [-0.39, 0.29) is 5.78 Å². The summed E-state index contributed by atoms with van der Waals surface area (Å²) in [6, 6.07) is 7.28. The van der Waals surface area contributed by atoms with Gasteiger partial charge in [0.25, 0.3) is 0 Å². The summed E-state index contributed by atoms with van der Waals surface area (Å²) in [5, 5.41) is 0.769. The molecule has 0 saturated heterocycles. The van der Waals surface area contributed by atoms with Gasteiger partial charge in [-0.05, 0) is 12.0 Å². The zero-order valence-electron chi connectivity index (χ0n) is 8.78. The predicted octanol–water partition coefficient (Wildman–Crippen LogP) is 3.27. The van der Waals surface area contributed by atoms with Crippen molar-refractivity contribution in [2.75, 3.05) is 0 Å². The van der Waals surface area contributed by atoms with Gasteiger partial charge in [0.1, 0.15) is 11.8 Å². The highest BCUT2D eigenvalue weighted by molar-refractivity contribution is 6.15. The lowest BCUT2D eigenvalue weighted by Crippen LogP contribution is -1.91. The van der Waals surface area contributed by atoms with E-state index in [1.807, 2.05) is 32.0 Å². The molecule has 0 fully saturated rings. The lowest BCUT2D eigenvalue weighted by Gasteiger charge is -1.87. The molecule has 15 heavy (non-hydrogen) atoms. The molecule has 0 N–H and O–H groups in total.